The highest BCUT2D eigenvalue weighted by atomic mass is 33.1. The lowest BCUT2D eigenvalue weighted by Crippen LogP contribution is -2.14. The zero-order chi connectivity index (χ0) is 30.9. The summed E-state index contributed by atoms with van der Waals surface area (Å²) in [4.78, 5) is 18.6. The van der Waals surface area contributed by atoms with Crippen molar-refractivity contribution in [2.24, 2.45) is 0 Å². The fraction of sp³-hybridized carbons (Fsp3) is 0.562. The Labute approximate surface area is 250 Å². The number of rotatable bonds is 13. The smallest absolute Gasteiger partial charge is 0.146 e. The van der Waals surface area contributed by atoms with Gasteiger partial charge < -0.3 is 28.5 Å². The van der Waals surface area contributed by atoms with Crippen LogP contribution in [0.2, 0.25) is 0 Å². The van der Waals surface area contributed by atoms with Crippen molar-refractivity contribution in [3.63, 3.8) is 0 Å². The summed E-state index contributed by atoms with van der Waals surface area (Å²) in [6.45, 7) is 23.6. The molecule has 2 aromatic rings. The number of carbonyl (C=O) groups is 2. The second kappa shape index (κ2) is 19.4. The largest absolute Gasteiger partial charge is 0.359 e. The van der Waals surface area contributed by atoms with Crippen LogP contribution in [0.4, 0.5) is 0 Å². The Morgan fingerprint density at radius 2 is 0.900 bits per heavy atom. The fourth-order valence-electron chi connectivity index (χ4n) is 3.88. The van der Waals surface area contributed by atoms with E-state index in [0.717, 1.165) is 24.0 Å². The van der Waals surface area contributed by atoms with E-state index in [1.165, 1.54) is 32.0 Å². The summed E-state index contributed by atoms with van der Waals surface area (Å²) in [6.07, 6.45) is 2.02. The van der Waals surface area contributed by atoms with Gasteiger partial charge in [0.15, 0.2) is 0 Å². The van der Waals surface area contributed by atoms with Gasteiger partial charge in [0.1, 0.15) is 27.2 Å². The number of ether oxygens (including phenoxy) is 4. The molecular formula is C32H50O6S2. The monoisotopic (exact) mass is 594 g/mol. The van der Waals surface area contributed by atoms with Crippen LogP contribution in [0.15, 0.2) is 34.1 Å². The maximum atomic E-state index is 8.00. The Balaban J connectivity index is 0.00000363. The molecule has 8 heteroatoms. The van der Waals surface area contributed by atoms with Crippen molar-refractivity contribution in [1.82, 2.24) is 0 Å². The van der Waals surface area contributed by atoms with Crippen molar-refractivity contribution in [2.45, 2.75) is 102 Å². The molecule has 40 heavy (non-hydrogen) atoms. The lowest BCUT2D eigenvalue weighted by atomic mass is 9.84. The number of aryl methyl sites for hydroxylation is 2. The molecule has 2 rings (SSSR count). The molecule has 0 saturated heterocycles. The number of carbonyl (C=O) groups excluding carboxylic acids is 2. The van der Waals surface area contributed by atoms with Crippen molar-refractivity contribution in [1.29, 1.82) is 0 Å². The van der Waals surface area contributed by atoms with Gasteiger partial charge >= 0.3 is 0 Å². The lowest BCUT2D eigenvalue weighted by molar-refractivity contribution is -0.0987. The quantitative estimate of drug-likeness (QED) is 0.131. The second-order valence-electron chi connectivity index (χ2n) is 11.1. The van der Waals surface area contributed by atoms with Crippen molar-refractivity contribution in [3.05, 3.63) is 57.6 Å². The van der Waals surface area contributed by atoms with Crippen LogP contribution < -0.4 is 0 Å². The van der Waals surface area contributed by atoms with E-state index in [4.69, 9.17) is 28.5 Å². The van der Waals surface area contributed by atoms with Gasteiger partial charge in [-0.25, -0.2) is 0 Å². The molecule has 0 amide bonds. The zero-order valence-electron chi connectivity index (χ0n) is 26.2. The average Bonchev–Trinajstić information content (AvgIpc) is 2.93. The van der Waals surface area contributed by atoms with Crippen LogP contribution in [0.1, 0.15) is 88.8 Å². The molecule has 0 heterocycles. The molecule has 0 aromatic heterocycles. The SMILES string of the molecule is C=O.C=O.CCc1cc(C(C)(C)C)cc(CC)c1SSc1c(COCOC)cc(C(C)(C)C)cc1COCOC. The van der Waals surface area contributed by atoms with Crippen LogP contribution in [0, 0.1) is 0 Å². The van der Waals surface area contributed by atoms with Crippen molar-refractivity contribution in [2.75, 3.05) is 27.8 Å². The van der Waals surface area contributed by atoms with E-state index < -0.39 is 0 Å². The third-order valence-corrected chi connectivity index (χ3v) is 8.82. The molecule has 6 nitrogen and oxygen atoms in total. The van der Waals surface area contributed by atoms with Gasteiger partial charge in [0.05, 0.1) is 13.2 Å². The van der Waals surface area contributed by atoms with Crippen LogP contribution in [-0.4, -0.2) is 41.4 Å². The van der Waals surface area contributed by atoms with Gasteiger partial charge in [0.2, 0.25) is 0 Å². The van der Waals surface area contributed by atoms with Crippen LogP contribution in [0.3, 0.4) is 0 Å². The Morgan fingerprint density at radius 1 is 0.600 bits per heavy atom. The van der Waals surface area contributed by atoms with E-state index >= 15 is 0 Å². The van der Waals surface area contributed by atoms with Gasteiger partial charge in [0.25, 0.3) is 0 Å². The molecule has 0 spiro atoms. The Kier molecular flexibility index (Phi) is 18.6. The molecular weight excluding hydrogens is 544 g/mol. The molecule has 0 aliphatic heterocycles. The topological polar surface area (TPSA) is 71.1 Å². The van der Waals surface area contributed by atoms with Crippen molar-refractivity contribution >= 4 is 35.2 Å². The predicted octanol–water partition coefficient (Wildman–Crippen LogP) is 8.08. The molecule has 2 aromatic carbocycles. The van der Waals surface area contributed by atoms with E-state index in [-0.39, 0.29) is 24.4 Å². The van der Waals surface area contributed by atoms with Gasteiger partial charge in [-0.15, -0.1) is 0 Å². The van der Waals surface area contributed by atoms with E-state index in [0.29, 0.717) is 13.2 Å². The highest BCUT2D eigenvalue weighted by Crippen LogP contribution is 2.46. The minimum absolute atomic E-state index is 0.00982. The molecule has 0 atom stereocenters. The third-order valence-electron chi connectivity index (χ3n) is 6.11. The summed E-state index contributed by atoms with van der Waals surface area (Å²) in [5.41, 5.74) is 7.96. The number of benzene rings is 2. The van der Waals surface area contributed by atoms with E-state index in [9.17, 15) is 0 Å². The van der Waals surface area contributed by atoms with E-state index in [1.54, 1.807) is 14.2 Å². The maximum absolute atomic E-state index is 8.00. The second-order valence-corrected chi connectivity index (χ2v) is 13.3. The first-order valence-corrected chi connectivity index (χ1v) is 15.5. The van der Waals surface area contributed by atoms with Gasteiger partial charge in [0, 0.05) is 24.0 Å². The third kappa shape index (κ3) is 12.0. The Morgan fingerprint density at radius 3 is 1.18 bits per heavy atom. The normalized spacial score (nSPS) is 11.3. The van der Waals surface area contributed by atoms with Crippen LogP contribution in [0.25, 0.3) is 0 Å². The molecule has 226 valence electrons. The van der Waals surface area contributed by atoms with E-state index in [2.05, 4.69) is 79.7 Å². The average molecular weight is 595 g/mol. The maximum Gasteiger partial charge on any atom is 0.146 e. The first-order chi connectivity index (χ1) is 19.0. The summed E-state index contributed by atoms with van der Waals surface area (Å²) >= 11 is 0. The minimum Gasteiger partial charge on any atom is -0.359 e. The molecule has 0 aliphatic rings. The number of methoxy groups -OCH3 is 2. The van der Waals surface area contributed by atoms with Gasteiger partial charge in [-0.05, 0) is 57.1 Å². The highest BCUT2D eigenvalue weighted by molar-refractivity contribution is 8.76. The summed E-state index contributed by atoms with van der Waals surface area (Å²) in [5.74, 6) is 0. The molecule has 0 bridgehead atoms. The van der Waals surface area contributed by atoms with Crippen LogP contribution >= 0.6 is 21.6 Å². The summed E-state index contributed by atoms with van der Waals surface area (Å²) in [7, 11) is 6.98. The Bertz CT molecular complexity index is 953. The fourth-order valence-corrected chi connectivity index (χ4v) is 6.90. The summed E-state index contributed by atoms with van der Waals surface area (Å²) in [5, 5.41) is 0. The van der Waals surface area contributed by atoms with Gasteiger partial charge in [-0.1, -0.05) is 101 Å². The molecule has 0 radical (unpaired) electrons. The Hall–Kier alpha value is -1.68. The summed E-state index contributed by atoms with van der Waals surface area (Å²) < 4.78 is 22.0. The molecule has 0 N–H and O–H groups in total. The van der Waals surface area contributed by atoms with Gasteiger partial charge in [-0.2, -0.15) is 0 Å². The molecule has 0 fully saturated rings. The molecule has 0 aliphatic carbocycles. The predicted molar refractivity (Wildman–Crippen MR) is 168 cm³/mol. The summed E-state index contributed by atoms with van der Waals surface area (Å²) in [6, 6.07) is 9.36. The van der Waals surface area contributed by atoms with Crippen LogP contribution in [0.5, 0.6) is 0 Å². The van der Waals surface area contributed by atoms with E-state index in [1.807, 2.05) is 35.2 Å². The van der Waals surface area contributed by atoms with Crippen molar-refractivity contribution in [3.8, 4) is 0 Å². The first-order valence-electron chi connectivity index (χ1n) is 13.3. The molecule has 0 unspecified atom stereocenters. The van der Waals surface area contributed by atoms with Gasteiger partial charge in [-0.3, -0.25) is 0 Å². The minimum atomic E-state index is 0.00982. The van der Waals surface area contributed by atoms with Crippen molar-refractivity contribution < 1.29 is 28.5 Å². The standard InChI is InChI=1S/C30H46O4S2.2CH2O/c1-11-21-13-25(29(3,4)5)14-22(12-2)27(21)35-36-28-23(17-33-19-31-9)15-26(30(6,7)8)16-24(28)18-34-20-32-10;2*1-2/h13-16H,11-12,17-20H2,1-10H3;2*1H2. The van der Waals surface area contributed by atoms with Crippen LogP contribution in [-0.2, 0) is 65.4 Å². The molecule has 0 saturated carbocycles. The first kappa shape index (κ1) is 38.3. The zero-order valence-corrected chi connectivity index (χ0v) is 27.9. The number of hydrogen-bond acceptors (Lipinski definition) is 8. The lowest BCUT2D eigenvalue weighted by Gasteiger charge is -2.25. The highest BCUT2D eigenvalue weighted by Gasteiger charge is 2.22. The number of hydrogen-bond donors (Lipinski definition) is 0.